The van der Waals surface area contributed by atoms with E-state index in [4.69, 9.17) is 5.14 Å². The third kappa shape index (κ3) is 4.21. The number of anilines is 1. The Morgan fingerprint density at radius 2 is 1.96 bits per heavy atom. The minimum absolute atomic E-state index is 0.106. The molecule has 2 aromatic heterocycles. The number of benzene rings is 1. The molecule has 3 N–H and O–H groups in total. The first kappa shape index (κ1) is 19.5. The molecule has 3 rings (SSSR count). The van der Waals surface area contributed by atoms with E-state index in [0.29, 0.717) is 25.6 Å². The summed E-state index contributed by atoms with van der Waals surface area (Å²) in [5.41, 5.74) is 1.31. The lowest BCUT2D eigenvalue weighted by Crippen LogP contribution is -2.22. The van der Waals surface area contributed by atoms with Gasteiger partial charge in [-0.3, -0.25) is 10.1 Å². The van der Waals surface area contributed by atoms with Gasteiger partial charge in [-0.1, -0.05) is 17.4 Å². The molecule has 2 heterocycles. The molecule has 11 heteroatoms. The lowest BCUT2D eigenvalue weighted by Gasteiger charge is -2.14. The minimum atomic E-state index is -4.16. The van der Waals surface area contributed by atoms with Crippen LogP contribution in [-0.4, -0.2) is 24.3 Å². The molecule has 0 unspecified atom stereocenters. The number of nitrogens with zero attached hydrogens (tertiary/aromatic N) is 2. The maximum absolute atomic E-state index is 13.1. The molecule has 0 bridgehead atoms. The van der Waals surface area contributed by atoms with E-state index in [0.717, 1.165) is 0 Å². The topological polar surface area (TPSA) is 115 Å². The third-order valence-corrected chi connectivity index (χ3v) is 6.04. The highest BCUT2D eigenvalue weighted by Crippen LogP contribution is 2.31. The monoisotopic (exact) mass is 470 g/mol. The number of aromatic nitrogens is 2. The van der Waals surface area contributed by atoms with Crippen molar-refractivity contribution < 1.29 is 17.6 Å². The normalized spacial score (nSPS) is 11.4. The van der Waals surface area contributed by atoms with Crippen LogP contribution in [0.2, 0.25) is 0 Å². The summed E-state index contributed by atoms with van der Waals surface area (Å²) in [6.07, 6.45) is 2.81. The van der Waals surface area contributed by atoms with Gasteiger partial charge in [-0.15, -0.1) is 0 Å². The van der Waals surface area contributed by atoms with Crippen molar-refractivity contribution in [1.29, 1.82) is 0 Å². The molecular weight excluding hydrogens is 459 g/mol. The van der Waals surface area contributed by atoms with Crippen molar-refractivity contribution in [2.75, 3.05) is 5.32 Å². The predicted molar refractivity (Wildman–Crippen MR) is 104 cm³/mol. The molecule has 7 nitrogen and oxygen atoms in total. The summed E-state index contributed by atoms with van der Waals surface area (Å²) in [5.74, 6) is -1.32. The number of nitrogens with two attached hydrogens (primary N) is 1. The fraction of sp³-hybridized carbons (Fsp3) is 0.0625. The first-order valence-electron chi connectivity index (χ1n) is 7.38. The van der Waals surface area contributed by atoms with Crippen molar-refractivity contribution in [2.24, 2.45) is 5.14 Å². The molecule has 0 aliphatic rings. The summed E-state index contributed by atoms with van der Waals surface area (Å²) in [7, 11) is -4.16. The van der Waals surface area contributed by atoms with Crippen LogP contribution in [-0.2, 0) is 10.0 Å². The van der Waals surface area contributed by atoms with Crippen LogP contribution >= 0.6 is 27.3 Å². The molecule has 140 valence electrons. The molecule has 0 saturated carbocycles. The minimum Gasteiger partial charge on any atom is -0.298 e. The molecule has 0 radical (unpaired) electrons. The van der Waals surface area contributed by atoms with Gasteiger partial charge >= 0.3 is 0 Å². The summed E-state index contributed by atoms with van der Waals surface area (Å²) >= 11 is 4.41. The zero-order valence-corrected chi connectivity index (χ0v) is 17.0. The van der Waals surface area contributed by atoms with Crippen LogP contribution in [0, 0.1) is 12.9 Å². The van der Waals surface area contributed by atoms with Crippen molar-refractivity contribution in [1.82, 2.24) is 9.97 Å². The summed E-state index contributed by atoms with van der Waals surface area (Å²) in [6.45, 7) is 1.58. The molecule has 0 saturated heterocycles. The first-order chi connectivity index (χ1) is 12.7. The Balaban J connectivity index is 2.14. The van der Waals surface area contributed by atoms with E-state index in [1.165, 1.54) is 48.0 Å². The van der Waals surface area contributed by atoms with Crippen molar-refractivity contribution in [3.8, 4) is 11.1 Å². The van der Waals surface area contributed by atoms with Gasteiger partial charge < -0.3 is 0 Å². The van der Waals surface area contributed by atoms with Gasteiger partial charge in [-0.2, -0.15) is 4.39 Å². The van der Waals surface area contributed by atoms with E-state index in [1.54, 1.807) is 6.92 Å². The number of nitrogens with one attached hydrogen (secondary N) is 1. The maximum Gasteiger partial charge on any atom is 0.259 e. The third-order valence-electron chi connectivity index (χ3n) is 3.70. The van der Waals surface area contributed by atoms with Gasteiger partial charge in [0.2, 0.25) is 16.0 Å². The van der Waals surface area contributed by atoms with E-state index < -0.39 is 21.9 Å². The second-order valence-electron chi connectivity index (χ2n) is 5.45. The highest BCUT2D eigenvalue weighted by atomic mass is 79.9. The number of sulfonamides is 1. The van der Waals surface area contributed by atoms with Gasteiger partial charge in [0, 0.05) is 11.8 Å². The van der Waals surface area contributed by atoms with Crippen molar-refractivity contribution in [3.63, 3.8) is 0 Å². The van der Waals surface area contributed by atoms with Crippen LogP contribution in [0.3, 0.4) is 0 Å². The average Bonchev–Trinajstić information content (AvgIpc) is 2.99. The average molecular weight is 471 g/mol. The molecule has 0 aliphatic heterocycles. The van der Waals surface area contributed by atoms with Crippen LogP contribution in [0.5, 0.6) is 0 Å². The summed E-state index contributed by atoms with van der Waals surface area (Å²) in [5, 5.41) is 8.14. The SMILES string of the molecule is Cc1c(-c2ccc(F)nc2)ccc(S(N)(=O)=O)c1C(=O)Nc1ncc(Br)s1. The predicted octanol–water partition coefficient (Wildman–Crippen LogP) is 3.31. The Hall–Kier alpha value is -2.21. The van der Waals surface area contributed by atoms with E-state index in [-0.39, 0.29) is 10.5 Å². The number of hydrogen-bond acceptors (Lipinski definition) is 6. The maximum atomic E-state index is 13.1. The second kappa shape index (κ2) is 7.43. The van der Waals surface area contributed by atoms with Gasteiger partial charge in [0.25, 0.3) is 5.91 Å². The molecule has 0 spiro atoms. The van der Waals surface area contributed by atoms with E-state index in [1.807, 2.05) is 0 Å². The fourth-order valence-corrected chi connectivity index (χ4v) is 4.42. The number of carbonyl (C=O) groups is 1. The van der Waals surface area contributed by atoms with E-state index in [9.17, 15) is 17.6 Å². The fourth-order valence-electron chi connectivity index (χ4n) is 2.53. The first-order valence-corrected chi connectivity index (χ1v) is 10.5. The number of pyridine rings is 1. The number of thiazole rings is 1. The quantitative estimate of drug-likeness (QED) is 0.567. The lowest BCUT2D eigenvalue weighted by atomic mass is 9.97. The number of amides is 1. The Labute approximate surface area is 166 Å². The Kier molecular flexibility index (Phi) is 5.38. The van der Waals surface area contributed by atoms with Gasteiger partial charge in [0.05, 0.1) is 20.4 Å². The van der Waals surface area contributed by atoms with Crippen molar-refractivity contribution >= 4 is 48.3 Å². The van der Waals surface area contributed by atoms with Crippen LogP contribution in [0.15, 0.2) is 45.3 Å². The number of carbonyl (C=O) groups excluding carboxylic acids is 1. The molecule has 0 fully saturated rings. The van der Waals surface area contributed by atoms with Crippen LogP contribution < -0.4 is 10.5 Å². The smallest absolute Gasteiger partial charge is 0.259 e. The zero-order valence-electron chi connectivity index (χ0n) is 13.7. The van der Waals surface area contributed by atoms with Gasteiger partial charge in [-0.05, 0) is 52.2 Å². The molecule has 0 atom stereocenters. The van der Waals surface area contributed by atoms with Crippen LogP contribution in [0.25, 0.3) is 11.1 Å². The highest BCUT2D eigenvalue weighted by molar-refractivity contribution is 9.11. The molecule has 1 aromatic carbocycles. The van der Waals surface area contributed by atoms with Crippen LogP contribution in [0.1, 0.15) is 15.9 Å². The largest absolute Gasteiger partial charge is 0.298 e. The van der Waals surface area contributed by atoms with Gasteiger partial charge in [0.1, 0.15) is 0 Å². The standard InChI is InChI=1S/C16H12BrFN4O3S2/c1-8-10(9-2-5-13(18)20-6-9)3-4-11(27(19,24)25)14(8)15(23)22-16-21-7-12(17)26-16/h2-7H,1H3,(H2,19,24,25)(H,21,22,23). The lowest BCUT2D eigenvalue weighted by molar-refractivity contribution is 0.102. The van der Waals surface area contributed by atoms with E-state index in [2.05, 4.69) is 31.2 Å². The number of halogens is 2. The highest BCUT2D eigenvalue weighted by Gasteiger charge is 2.24. The molecule has 3 aromatic rings. The Morgan fingerprint density at radius 3 is 2.52 bits per heavy atom. The summed E-state index contributed by atoms with van der Waals surface area (Å²) < 4.78 is 37.7. The van der Waals surface area contributed by atoms with E-state index >= 15 is 0 Å². The number of hydrogen-bond donors (Lipinski definition) is 2. The Morgan fingerprint density at radius 1 is 1.22 bits per heavy atom. The molecule has 0 aliphatic carbocycles. The van der Waals surface area contributed by atoms with Gasteiger partial charge in [0.15, 0.2) is 5.13 Å². The van der Waals surface area contributed by atoms with Crippen LogP contribution in [0.4, 0.5) is 9.52 Å². The second-order valence-corrected chi connectivity index (χ2v) is 9.39. The zero-order chi connectivity index (χ0) is 19.8. The molecule has 27 heavy (non-hydrogen) atoms. The van der Waals surface area contributed by atoms with Crippen molar-refractivity contribution in [2.45, 2.75) is 11.8 Å². The number of rotatable bonds is 4. The van der Waals surface area contributed by atoms with Gasteiger partial charge in [-0.25, -0.2) is 23.5 Å². The summed E-state index contributed by atoms with van der Waals surface area (Å²) in [6, 6.07) is 5.41. The Bertz CT molecular complexity index is 1130. The number of primary sulfonamides is 1. The molecular formula is C16H12BrFN4O3S2. The molecule has 1 amide bonds. The summed E-state index contributed by atoms with van der Waals surface area (Å²) in [4.78, 5) is 20.1. The van der Waals surface area contributed by atoms with Crippen molar-refractivity contribution in [3.05, 3.63) is 57.5 Å².